The molecule has 6 heteroatoms. The second-order valence-corrected chi connectivity index (χ2v) is 4.57. The van der Waals surface area contributed by atoms with E-state index in [2.05, 4.69) is 31.4 Å². The second-order valence-electron chi connectivity index (χ2n) is 3.66. The number of rotatable bonds is 3. The molecule has 0 saturated carbocycles. The summed E-state index contributed by atoms with van der Waals surface area (Å²) in [4.78, 5) is 11.7. The molecule has 2 rings (SSSR count). The molecule has 1 heterocycles. The van der Waals surface area contributed by atoms with Crippen LogP contribution in [-0.4, -0.2) is 16.1 Å². The van der Waals surface area contributed by atoms with Gasteiger partial charge < -0.3 is 11.1 Å². The summed E-state index contributed by atoms with van der Waals surface area (Å²) < 4.78 is 0.974. The normalized spacial score (nSPS) is 10.1. The SMILES string of the molecule is Nc1ccc(C(=O)NCc2cccc(Br)c2)nn1. The summed E-state index contributed by atoms with van der Waals surface area (Å²) in [5, 5.41) is 10.1. The van der Waals surface area contributed by atoms with Gasteiger partial charge in [-0.2, -0.15) is 0 Å². The molecular formula is C12H11BrN4O. The van der Waals surface area contributed by atoms with Crippen molar-refractivity contribution in [3.8, 4) is 0 Å². The average molecular weight is 307 g/mol. The lowest BCUT2D eigenvalue weighted by Crippen LogP contribution is -2.24. The monoisotopic (exact) mass is 306 g/mol. The molecule has 92 valence electrons. The number of hydrogen-bond acceptors (Lipinski definition) is 4. The lowest BCUT2D eigenvalue weighted by Gasteiger charge is -2.04. The average Bonchev–Trinajstić information content (AvgIpc) is 2.37. The van der Waals surface area contributed by atoms with Crippen molar-refractivity contribution in [2.24, 2.45) is 0 Å². The highest BCUT2D eigenvalue weighted by molar-refractivity contribution is 9.10. The van der Waals surface area contributed by atoms with Crippen LogP contribution in [0.4, 0.5) is 5.82 Å². The summed E-state index contributed by atoms with van der Waals surface area (Å²) in [7, 11) is 0. The summed E-state index contributed by atoms with van der Waals surface area (Å²) in [5.41, 5.74) is 6.65. The number of nitrogens with zero attached hydrogens (tertiary/aromatic N) is 2. The van der Waals surface area contributed by atoms with Gasteiger partial charge in [0, 0.05) is 11.0 Å². The first-order chi connectivity index (χ1) is 8.65. The Hall–Kier alpha value is -1.95. The highest BCUT2D eigenvalue weighted by atomic mass is 79.9. The Balaban J connectivity index is 1.98. The van der Waals surface area contributed by atoms with Crippen LogP contribution in [0.25, 0.3) is 0 Å². The van der Waals surface area contributed by atoms with Gasteiger partial charge in [0.1, 0.15) is 5.82 Å². The Bertz CT molecular complexity index is 556. The van der Waals surface area contributed by atoms with Crippen LogP contribution in [0.15, 0.2) is 40.9 Å². The topological polar surface area (TPSA) is 80.9 Å². The minimum Gasteiger partial charge on any atom is -0.382 e. The molecule has 1 amide bonds. The maximum absolute atomic E-state index is 11.7. The van der Waals surface area contributed by atoms with Crippen molar-refractivity contribution >= 4 is 27.7 Å². The fourth-order valence-corrected chi connectivity index (χ4v) is 1.83. The van der Waals surface area contributed by atoms with Crippen LogP contribution in [0.5, 0.6) is 0 Å². The zero-order valence-electron chi connectivity index (χ0n) is 9.43. The van der Waals surface area contributed by atoms with Crippen LogP contribution in [0.1, 0.15) is 16.1 Å². The number of hydrogen-bond donors (Lipinski definition) is 2. The predicted octanol–water partition coefficient (Wildman–Crippen LogP) is 1.75. The van der Waals surface area contributed by atoms with Crippen LogP contribution < -0.4 is 11.1 Å². The Morgan fingerprint density at radius 2 is 2.11 bits per heavy atom. The van der Waals surface area contributed by atoms with Crippen molar-refractivity contribution in [2.75, 3.05) is 5.73 Å². The fourth-order valence-electron chi connectivity index (χ4n) is 1.38. The zero-order chi connectivity index (χ0) is 13.0. The first-order valence-electron chi connectivity index (χ1n) is 5.27. The van der Waals surface area contributed by atoms with E-state index in [0.717, 1.165) is 10.0 Å². The van der Waals surface area contributed by atoms with Gasteiger partial charge in [-0.15, -0.1) is 10.2 Å². The highest BCUT2D eigenvalue weighted by Gasteiger charge is 2.07. The number of aromatic nitrogens is 2. The van der Waals surface area contributed by atoms with Gasteiger partial charge in [0.15, 0.2) is 5.69 Å². The van der Waals surface area contributed by atoms with E-state index < -0.39 is 0 Å². The first kappa shape index (κ1) is 12.5. The van der Waals surface area contributed by atoms with E-state index in [1.807, 2.05) is 24.3 Å². The van der Waals surface area contributed by atoms with Crippen molar-refractivity contribution in [2.45, 2.75) is 6.54 Å². The summed E-state index contributed by atoms with van der Waals surface area (Å²) in [6.45, 7) is 0.435. The summed E-state index contributed by atoms with van der Waals surface area (Å²) in [6.07, 6.45) is 0. The number of amides is 1. The smallest absolute Gasteiger partial charge is 0.272 e. The Morgan fingerprint density at radius 3 is 2.78 bits per heavy atom. The third kappa shape index (κ3) is 3.27. The number of carbonyl (C=O) groups is 1. The molecule has 2 aromatic rings. The molecule has 0 fully saturated rings. The molecule has 18 heavy (non-hydrogen) atoms. The molecule has 5 nitrogen and oxygen atoms in total. The van der Waals surface area contributed by atoms with E-state index in [-0.39, 0.29) is 11.6 Å². The van der Waals surface area contributed by atoms with Gasteiger partial charge in [-0.05, 0) is 29.8 Å². The van der Waals surface area contributed by atoms with Gasteiger partial charge in [0.05, 0.1) is 0 Å². The van der Waals surface area contributed by atoms with Gasteiger partial charge in [0.25, 0.3) is 5.91 Å². The number of benzene rings is 1. The number of nitrogens with one attached hydrogen (secondary N) is 1. The third-order valence-electron chi connectivity index (χ3n) is 2.26. The van der Waals surface area contributed by atoms with Gasteiger partial charge in [-0.1, -0.05) is 28.1 Å². The van der Waals surface area contributed by atoms with Gasteiger partial charge in [-0.25, -0.2) is 0 Å². The first-order valence-corrected chi connectivity index (χ1v) is 6.06. The summed E-state index contributed by atoms with van der Waals surface area (Å²) >= 11 is 3.37. The molecule has 0 atom stereocenters. The van der Waals surface area contributed by atoms with E-state index in [1.54, 1.807) is 12.1 Å². The van der Waals surface area contributed by atoms with Crippen LogP contribution in [0.3, 0.4) is 0 Å². The predicted molar refractivity (Wildman–Crippen MR) is 71.8 cm³/mol. The van der Waals surface area contributed by atoms with E-state index in [4.69, 9.17) is 5.73 Å². The van der Waals surface area contributed by atoms with E-state index in [1.165, 1.54) is 0 Å². The Kier molecular flexibility index (Phi) is 3.88. The molecular weight excluding hydrogens is 296 g/mol. The minimum atomic E-state index is -0.275. The Labute approximate surface area is 113 Å². The van der Waals surface area contributed by atoms with Crippen LogP contribution in [-0.2, 0) is 6.54 Å². The summed E-state index contributed by atoms with van der Waals surface area (Å²) in [5.74, 6) is 0.0148. The van der Waals surface area contributed by atoms with Crippen LogP contribution in [0, 0.1) is 0 Å². The third-order valence-corrected chi connectivity index (χ3v) is 2.75. The standard InChI is InChI=1S/C12H11BrN4O/c13-9-3-1-2-8(6-9)7-15-12(18)10-4-5-11(14)17-16-10/h1-6H,7H2,(H2,14,17)(H,15,18). The van der Waals surface area contributed by atoms with Crippen molar-refractivity contribution in [1.82, 2.24) is 15.5 Å². The van der Waals surface area contributed by atoms with Crippen molar-refractivity contribution in [3.63, 3.8) is 0 Å². The molecule has 0 unspecified atom stereocenters. The molecule has 0 aliphatic heterocycles. The molecule has 0 saturated heterocycles. The lowest BCUT2D eigenvalue weighted by atomic mass is 10.2. The molecule has 0 aliphatic carbocycles. The molecule has 0 bridgehead atoms. The molecule has 0 radical (unpaired) electrons. The maximum atomic E-state index is 11.7. The highest BCUT2D eigenvalue weighted by Crippen LogP contribution is 2.11. The van der Waals surface area contributed by atoms with Crippen molar-refractivity contribution in [1.29, 1.82) is 0 Å². The second kappa shape index (κ2) is 5.59. The number of carbonyl (C=O) groups excluding carboxylic acids is 1. The maximum Gasteiger partial charge on any atom is 0.272 e. The van der Waals surface area contributed by atoms with E-state index in [9.17, 15) is 4.79 Å². The lowest BCUT2D eigenvalue weighted by molar-refractivity contribution is 0.0945. The largest absolute Gasteiger partial charge is 0.382 e. The van der Waals surface area contributed by atoms with Crippen molar-refractivity contribution in [3.05, 3.63) is 52.1 Å². The zero-order valence-corrected chi connectivity index (χ0v) is 11.0. The van der Waals surface area contributed by atoms with Crippen molar-refractivity contribution < 1.29 is 4.79 Å². The number of nitrogen functional groups attached to an aromatic ring is 1. The molecule has 1 aromatic carbocycles. The van der Waals surface area contributed by atoms with Crippen LogP contribution >= 0.6 is 15.9 Å². The van der Waals surface area contributed by atoms with Gasteiger partial charge in [0.2, 0.25) is 0 Å². The quantitative estimate of drug-likeness (QED) is 0.905. The summed E-state index contributed by atoms with van der Waals surface area (Å²) in [6, 6.07) is 10.8. The van der Waals surface area contributed by atoms with Gasteiger partial charge in [-0.3, -0.25) is 4.79 Å². The van der Waals surface area contributed by atoms with E-state index >= 15 is 0 Å². The fraction of sp³-hybridized carbons (Fsp3) is 0.0833. The van der Waals surface area contributed by atoms with Crippen LogP contribution in [0.2, 0.25) is 0 Å². The molecule has 1 aromatic heterocycles. The Morgan fingerprint density at radius 1 is 1.28 bits per heavy atom. The number of halogens is 1. The number of anilines is 1. The van der Waals surface area contributed by atoms with Gasteiger partial charge >= 0.3 is 0 Å². The number of nitrogens with two attached hydrogens (primary N) is 1. The minimum absolute atomic E-state index is 0.249. The molecule has 0 spiro atoms. The molecule has 3 N–H and O–H groups in total. The van der Waals surface area contributed by atoms with E-state index in [0.29, 0.717) is 12.4 Å². The molecule has 0 aliphatic rings.